The standard InChI is InChI=1S/C14H20N2O/c1-10-6-11(8-12(15)7-10)13(17)16-5-4-14(2,3)9-16/h6-8H,4-5,9,15H2,1-3H3. The van der Waals surface area contributed by atoms with E-state index < -0.39 is 0 Å². The second-order valence-corrected chi connectivity index (χ2v) is 5.77. The molecule has 1 aromatic carbocycles. The fourth-order valence-corrected chi connectivity index (χ4v) is 2.40. The molecule has 0 aromatic heterocycles. The molecule has 1 saturated heterocycles. The van der Waals surface area contributed by atoms with Gasteiger partial charge in [0, 0.05) is 24.3 Å². The van der Waals surface area contributed by atoms with Crippen LogP contribution in [0.2, 0.25) is 0 Å². The molecule has 0 atom stereocenters. The van der Waals surface area contributed by atoms with Crippen molar-refractivity contribution in [2.75, 3.05) is 18.8 Å². The van der Waals surface area contributed by atoms with Crippen LogP contribution in [0.1, 0.15) is 36.2 Å². The molecule has 1 aromatic rings. The Morgan fingerprint density at radius 1 is 1.35 bits per heavy atom. The topological polar surface area (TPSA) is 46.3 Å². The largest absolute Gasteiger partial charge is 0.399 e. The predicted molar refractivity (Wildman–Crippen MR) is 69.9 cm³/mol. The van der Waals surface area contributed by atoms with Gasteiger partial charge < -0.3 is 10.6 Å². The van der Waals surface area contributed by atoms with Crippen molar-refractivity contribution in [1.29, 1.82) is 0 Å². The van der Waals surface area contributed by atoms with Gasteiger partial charge in [0.25, 0.3) is 5.91 Å². The zero-order valence-corrected chi connectivity index (χ0v) is 10.8. The number of nitrogens with zero attached hydrogens (tertiary/aromatic N) is 1. The molecular weight excluding hydrogens is 212 g/mol. The molecule has 92 valence electrons. The van der Waals surface area contributed by atoms with E-state index in [0.717, 1.165) is 25.1 Å². The van der Waals surface area contributed by atoms with Crippen molar-refractivity contribution in [3.05, 3.63) is 29.3 Å². The van der Waals surface area contributed by atoms with E-state index in [1.54, 1.807) is 6.07 Å². The number of nitrogens with two attached hydrogens (primary N) is 1. The summed E-state index contributed by atoms with van der Waals surface area (Å²) in [6, 6.07) is 5.55. The van der Waals surface area contributed by atoms with E-state index in [1.807, 2.05) is 24.0 Å². The smallest absolute Gasteiger partial charge is 0.253 e. The Morgan fingerprint density at radius 2 is 2.06 bits per heavy atom. The summed E-state index contributed by atoms with van der Waals surface area (Å²) < 4.78 is 0. The average Bonchev–Trinajstić information content (AvgIpc) is 2.56. The maximum atomic E-state index is 12.3. The Bertz CT molecular complexity index is 431. The summed E-state index contributed by atoms with van der Waals surface area (Å²) in [6.07, 6.45) is 1.07. The predicted octanol–water partition coefficient (Wildman–Crippen LogP) is 2.45. The van der Waals surface area contributed by atoms with Gasteiger partial charge in [-0.3, -0.25) is 4.79 Å². The number of benzene rings is 1. The van der Waals surface area contributed by atoms with E-state index >= 15 is 0 Å². The van der Waals surface area contributed by atoms with E-state index in [-0.39, 0.29) is 11.3 Å². The molecule has 0 radical (unpaired) electrons. The molecule has 3 heteroatoms. The molecule has 3 nitrogen and oxygen atoms in total. The molecule has 0 spiro atoms. The summed E-state index contributed by atoms with van der Waals surface area (Å²) >= 11 is 0. The number of carbonyl (C=O) groups is 1. The van der Waals surface area contributed by atoms with Gasteiger partial charge in [0.1, 0.15) is 0 Å². The number of carbonyl (C=O) groups excluding carboxylic acids is 1. The number of anilines is 1. The zero-order chi connectivity index (χ0) is 12.6. The van der Waals surface area contributed by atoms with Crippen molar-refractivity contribution in [1.82, 2.24) is 4.90 Å². The van der Waals surface area contributed by atoms with Crippen LogP contribution >= 0.6 is 0 Å². The van der Waals surface area contributed by atoms with E-state index in [2.05, 4.69) is 13.8 Å². The molecule has 17 heavy (non-hydrogen) atoms. The SMILES string of the molecule is Cc1cc(N)cc(C(=O)N2CCC(C)(C)C2)c1. The van der Waals surface area contributed by atoms with E-state index in [0.29, 0.717) is 11.3 Å². The van der Waals surface area contributed by atoms with E-state index in [1.165, 1.54) is 0 Å². The van der Waals surface area contributed by atoms with Crippen LogP contribution in [0, 0.1) is 12.3 Å². The molecule has 0 bridgehead atoms. The summed E-state index contributed by atoms with van der Waals surface area (Å²) in [5, 5.41) is 0. The fourth-order valence-electron chi connectivity index (χ4n) is 2.40. The van der Waals surface area contributed by atoms with Gasteiger partial charge in [-0.05, 0) is 42.5 Å². The highest BCUT2D eigenvalue weighted by atomic mass is 16.2. The molecule has 1 aliphatic heterocycles. The summed E-state index contributed by atoms with van der Waals surface area (Å²) in [5.74, 6) is 0.103. The molecule has 1 heterocycles. The normalized spacial score (nSPS) is 18.4. The van der Waals surface area contributed by atoms with Crippen LogP contribution in [0.3, 0.4) is 0 Å². The Labute approximate surface area is 103 Å². The third-order valence-electron chi connectivity index (χ3n) is 3.31. The number of hydrogen-bond acceptors (Lipinski definition) is 2. The molecule has 2 N–H and O–H groups in total. The second-order valence-electron chi connectivity index (χ2n) is 5.77. The van der Waals surface area contributed by atoms with Crippen molar-refractivity contribution < 1.29 is 4.79 Å². The van der Waals surface area contributed by atoms with Gasteiger partial charge in [-0.25, -0.2) is 0 Å². The lowest BCUT2D eigenvalue weighted by atomic mass is 9.93. The molecule has 0 unspecified atom stereocenters. The minimum absolute atomic E-state index is 0.103. The Hall–Kier alpha value is -1.51. The van der Waals surface area contributed by atoms with Gasteiger partial charge in [0.2, 0.25) is 0 Å². The number of amides is 1. The number of aryl methyl sites for hydroxylation is 1. The van der Waals surface area contributed by atoms with E-state index in [9.17, 15) is 4.79 Å². The lowest BCUT2D eigenvalue weighted by Crippen LogP contribution is -2.30. The maximum Gasteiger partial charge on any atom is 0.253 e. The zero-order valence-electron chi connectivity index (χ0n) is 10.8. The first-order valence-corrected chi connectivity index (χ1v) is 6.04. The van der Waals surface area contributed by atoms with Gasteiger partial charge in [0.15, 0.2) is 0 Å². The first-order valence-electron chi connectivity index (χ1n) is 6.04. The van der Waals surface area contributed by atoms with Crippen LogP contribution in [0.5, 0.6) is 0 Å². The second kappa shape index (κ2) is 4.06. The van der Waals surface area contributed by atoms with Crippen LogP contribution in [-0.4, -0.2) is 23.9 Å². The van der Waals surface area contributed by atoms with Gasteiger partial charge in [-0.15, -0.1) is 0 Å². The van der Waals surface area contributed by atoms with Crippen molar-refractivity contribution in [3.63, 3.8) is 0 Å². The van der Waals surface area contributed by atoms with Crippen molar-refractivity contribution in [2.24, 2.45) is 5.41 Å². The Morgan fingerprint density at radius 3 is 2.59 bits per heavy atom. The lowest BCUT2D eigenvalue weighted by molar-refractivity contribution is 0.0778. The summed E-state index contributed by atoms with van der Waals surface area (Å²) in [6.45, 7) is 8.04. The molecule has 1 amide bonds. The molecule has 1 fully saturated rings. The van der Waals surface area contributed by atoms with Crippen molar-refractivity contribution in [2.45, 2.75) is 27.2 Å². The summed E-state index contributed by atoms with van der Waals surface area (Å²) in [5.41, 5.74) is 8.42. The highest BCUT2D eigenvalue weighted by Crippen LogP contribution is 2.30. The summed E-state index contributed by atoms with van der Waals surface area (Å²) in [7, 11) is 0. The third kappa shape index (κ3) is 2.60. The minimum atomic E-state index is 0.103. The van der Waals surface area contributed by atoms with Gasteiger partial charge in [0.05, 0.1) is 0 Å². The molecule has 0 saturated carbocycles. The quantitative estimate of drug-likeness (QED) is 0.756. The van der Waals surface area contributed by atoms with Crippen LogP contribution < -0.4 is 5.73 Å². The van der Waals surface area contributed by atoms with Crippen LogP contribution in [0.15, 0.2) is 18.2 Å². The van der Waals surface area contributed by atoms with E-state index in [4.69, 9.17) is 5.73 Å². The maximum absolute atomic E-state index is 12.3. The Balaban J connectivity index is 2.20. The monoisotopic (exact) mass is 232 g/mol. The molecule has 0 aliphatic carbocycles. The fraction of sp³-hybridized carbons (Fsp3) is 0.500. The first-order chi connectivity index (χ1) is 7.87. The number of hydrogen-bond donors (Lipinski definition) is 1. The van der Waals surface area contributed by atoms with Gasteiger partial charge >= 0.3 is 0 Å². The molecule has 1 aliphatic rings. The van der Waals surface area contributed by atoms with Gasteiger partial charge in [-0.1, -0.05) is 13.8 Å². The highest BCUT2D eigenvalue weighted by molar-refractivity contribution is 5.95. The van der Waals surface area contributed by atoms with Crippen molar-refractivity contribution in [3.8, 4) is 0 Å². The van der Waals surface area contributed by atoms with Crippen LogP contribution in [0.25, 0.3) is 0 Å². The third-order valence-corrected chi connectivity index (χ3v) is 3.31. The lowest BCUT2D eigenvalue weighted by Gasteiger charge is -2.20. The number of likely N-dealkylation sites (tertiary alicyclic amines) is 1. The number of rotatable bonds is 1. The highest BCUT2D eigenvalue weighted by Gasteiger charge is 2.32. The minimum Gasteiger partial charge on any atom is -0.399 e. The van der Waals surface area contributed by atoms with Crippen molar-refractivity contribution >= 4 is 11.6 Å². The van der Waals surface area contributed by atoms with Gasteiger partial charge in [-0.2, -0.15) is 0 Å². The van der Waals surface area contributed by atoms with Crippen LogP contribution in [-0.2, 0) is 0 Å². The first kappa shape index (κ1) is 12.0. The number of nitrogen functional groups attached to an aromatic ring is 1. The summed E-state index contributed by atoms with van der Waals surface area (Å²) in [4.78, 5) is 14.2. The Kier molecular flexibility index (Phi) is 2.86. The average molecular weight is 232 g/mol. The molecular formula is C14H20N2O. The van der Waals surface area contributed by atoms with Crippen LogP contribution in [0.4, 0.5) is 5.69 Å². The molecule has 2 rings (SSSR count).